The third-order valence-corrected chi connectivity index (χ3v) is 9.33. The van der Waals surface area contributed by atoms with Gasteiger partial charge in [-0.25, -0.2) is 0 Å². The molecule has 6 aromatic carbocycles. The maximum Gasteiger partial charge on any atom is 0.0571 e. The molecule has 0 unspecified atom stereocenters. The molecule has 0 N–H and O–H groups in total. The van der Waals surface area contributed by atoms with Gasteiger partial charge in [-0.2, -0.15) is 0 Å². The average Bonchev–Trinajstić information content (AvgIpc) is 3.74. The molecule has 10 aromatic rings. The summed E-state index contributed by atoms with van der Waals surface area (Å²) < 4.78 is 7.15. The highest BCUT2D eigenvalue weighted by molar-refractivity contribution is 6.28. The smallest absolute Gasteiger partial charge is 0.0571 e. The third kappa shape index (κ3) is 3.34. The lowest BCUT2D eigenvalue weighted by Crippen LogP contribution is -1.97. The molecule has 0 saturated heterocycles. The van der Waals surface area contributed by atoms with Gasteiger partial charge in [0.25, 0.3) is 0 Å². The second-order valence-corrected chi connectivity index (χ2v) is 11.7. The average molecular weight is 575 g/mol. The summed E-state index contributed by atoms with van der Waals surface area (Å²) in [6, 6.07) is 52.5. The van der Waals surface area contributed by atoms with Crippen LogP contribution < -0.4 is 0 Å². The molecular formula is C41H26N4. The van der Waals surface area contributed by atoms with Crippen LogP contribution in [0.5, 0.6) is 0 Å². The van der Waals surface area contributed by atoms with Gasteiger partial charge in [0.2, 0.25) is 0 Å². The molecule has 0 atom stereocenters. The fourth-order valence-corrected chi connectivity index (χ4v) is 7.50. The summed E-state index contributed by atoms with van der Waals surface area (Å²) in [4.78, 5) is 4.42. The Bertz CT molecular complexity index is 2690. The standard InChI is InChI=1S/C41H26N4/c1-2-10-27(11-3-1)44-35-16-8-5-13-31(35)40-38(44)22-23-39-41(40)32-14-6-9-17-36(32)45(39)29-20-18-28(19-21-29)43-34-15-7-4-12-30(34)33-26-42-25-24-37(33)43/h1-26H. The first-order valence-corrected chi connectivity index (χ1v) is 15.3. The minimum Gasteiger partial charge on any atom is -0.309 e. The van der Waals surface area contributed by atoms with Crippen molar-refractivity contribution >= 4 is 65.4 Å². The topological polar surface area (TPSA) is 27.7 Å². The van der Waals surface area contributed by atoms with Crippen molar-refractivity contribution in [3.05, 3.63) is 158 Å². The molecule has 0 aliphatic rings. The lowest BCUT2D eigenvalue weighted by molar-refractivity contribution is 1.14. The van der Waals surface area contributed by atoms with E-state index in [4.69, 9.17) is 0 Å². The first-order chi connectivity index (χ1) is 22.4. The molecule has 0 amide bonds. The summed E-state index contributed by atoms with van der Waals surface area (Å²) >= 11 is 0. The van der Waals surface area contributed by atoms with Crippen molar-refractivity contribution in [2.75, 3.05) is 0 Å². The molecular weight excluding hydrogens is 548 g/mol. The van der Waals surface area contributed by atoms with Crippen LogP contribution in [-0.2, 0) is 0 Å². The van der Waals surface area contributed by atoms with Gasteiger partial charge in [-0.15, -0.1) is 0 Å². The molecule has 0 fully saturated rings. The highest BCUT2D eigenvalue weighted by Crippen LogP contribution is 2.42. The fourth-order valence-electron chi connectivity index (χ4n) is 7.50. The van der Waals surface area contributed by atoms with Crippen LogP contribution in [0.2, 0.25) is 0 Å². The summed E-state index contributed by atoms with van der Waals surface area (Å²) in [5, 5.41) is 7.48. The van der Waals surface area contributed by atoms with Gasteiger partial charge in [0.15, 0.2) is 0 Å². The second kappa shape index (κ2) is 9.18. The molecule has 0 aliphatic carbocycles. The molecule has 4 heterocycles. The molecule has 4 heteroatoms. The maximum absolute atomic E-state index is 4.42. The monoisotopic (exact) mass is 574 g/mol. The van der Waals surface area contributed by atoms with Crippen molar-refractivity contribution in [1.29, 1.82) is 0 Å². The molecule has 0 radical (unpaired) electrons. The zero-order valence-corrected chi connectivity index (χ0v) is 24.3. The highest BCUT2D eigenvalue weighted by Gasteiger charge is 2.20. The summed E-state index contributed by atoms with van der Waals surface area (Å²) in [5.41, 5.74) is 10.6. The Labute approximate surface area is 258 Å². The number of fused-ring (bicyclic) bond motifs is 10. The maximum atomic E-state index is 4.42. The Morgan fingerprint density at radius 1 is 0.311 bits per heavy atom. The van der Waals surface area contributed by atoms with E-state index in [9.17, 15) is 0 Å². The zero-order valence-electron chi connectivity index (χ0n) is 24.3. The minimum atomic E-state index is 1.13. The Balaban J connectivity index is 1.24. The first kappa shape index (κ1) is 24.3. The first-order valence-electron chi connectivity index (χ1n) is 15.3. The van der Waals surface area contributed by atoms with Crippen LogP contribution in [0.3, 0.4) is 0 Å². The lowest BCUT2D eigenvalue weighted by Gasteiger charge is -2.12. The van der Waals surface area contributed by atoms with E-state index >= 15 is 0 Å². The van der Waals surface area contributed by atoms with E-state index in [1.807, 2.05) is 12.4 Å². The molecule has 4 aromatic heterocycles. The summed E-state index contributed by atoms with van der Waals surface area (Å²) in [7, 11) is 0. The predicted octanol–water partition coefficient (Wildman–Crippen LogP) is 10.4. The Morgan fingerprint density at radius 3 is 1.31 bits per heavy atom. The summed E-state index contributed by atoms with van der Waals surface area (Å²) in [6.07, 6.45) is 3.84. The predicted molar refractivity (Wildman–Crippen MR) is 187 cm³/mol. The van der Waals surface area contributed by atoms with Crippen molar-refractivity contribution in [2.24, 2.45) is 0 Å². The molecule has 0 spiro atoms. The highest BCUT2D eigenvalue weighted by atomic mass is 15.0. The molecule has 0 saturated carbocycles. The Morgan fingerprint density at radius 2 is 0.733 bits per heavy atom. The molecule has 10 rings (SSSR count). The van der Waals surface area contributed by atoms with Crippen LogP contribution in [0.15, 0.2) is 158 Å². The van der Waals surface area contributed by atoms with Crippen molar-refractivity contribution in [3.8, 4) is 17.1 Å². The number of hydrogen-bond donors (Lipinski definition) is 0. The van der Waals surface area contributed by atoms with Gasteiger partial charge in [-0.1, -0.05) is 72.8 Å². The van der Waals surface area contributed by atoms with Gasteiger partial charge in [-0.05, 0) is 72.8 Å². The van der Waals surface area contributed by atoms with Crippen molar-refractivity contribution in [3.63, 3.8) is 0 Å². The Kier molecular flexibility index (Phi) is 4.96. The number of hydrogen-bond acceptors (Lipinski definition) is 1. The number of pyridine rings is 1. The van der Waals surface area contributed by atoms with E-state index in [0.717, 1.165) is 16.9 Å². The third-order valence-electron chi connectivity index (χ3n) is 9.33. The van der Waals surface area contributed by atoms with Crippen molar-refractivity contribution in [1.82, 2.24) is 18.7 Å². The molecule has 4 nitrogen and oxygen atoms in total. The van der Waals surface area contributed by atoms with E-state index in [2.05, 4.69) is 164 Å². The van der Waals surface area contributed by atoms with Crippen LogP contribution in [-0.4, -0.2) is 18.7 Å². The minimum absolute atomic E-state index is 1.13. The van der Waals surface area contributed by atoms with Gasteiger partial charge in [0, 0.05) is 61.8 Å². The number of para-hydroxylation sites is 4. The van der Waals surface area contributed by atoms with Crippen LogP contribution in [0.25, 0.3) is 82.5 Å². The number of benzene rings is 6. The van der Waals surface area contributed by atoms with Gasteiger partial charge >= 0.3 is 0 Å². The van der Waals surface area contributed by atoms with E-state index < -0.39 is 0 Å². The van der Waals surface area contributed by atoms with Crippen LogP contribution >= 0.6 is 0 Å². The summed E-state index contributed by atoms with van der Waals surface area (Å²) in [6.45, 7) is 0. The van der Waals surface area contributed by atoms with E-state index in [-0.39, 0.29) is 0 Å². The fraction of sp³-hybridized carbons (Fsp3) is 0. The SMILES string of the molecule is c1ccc(-n2c3ccccc3c3c4c5ccccc5n(-c5ccc(-n6c7ccccc7c7cnccc76)cc5)c4ccc32)cc1. The van der Waals surface area contributed by atoms with Gasteiger partial charge in [0.1, 0.15) is 0 Å². The largest absolute Gasteiger partial charge is 0.309 e. The van der Waals surface area contributed by atoms with Crippen LogP contribution in [0.1, 0.15) is 0 Å². The quantitative estimate of drug-likeness (QED) is 0.206. The lowest BCUT2D eigenvalue weighted by atomic mass is 10.1. The van der Waals surface area contributed by atoms with Crippen molar-refractivity contribution in [2.45, 2.75) is 0 Å². The second-order valence-electron chi connectivity index (χ2n) is 11.7. The van der Waals surface area contributed by atoms with Crippen LogP contribution in [0.4, 0.5) is 0 Å². The number of aromatic nitrogens is 4. The van der Waals surface area contributed by atoms with E-state index in [1.54, 1.807) is 0 Å². The summed E-state index contributed by atoms with van der Waals surface area (Å²) in [5.74, 6) is 0. The van der Waals surface area contributed by atoms with E-state index in [1.165, 1.54) is 65.6 Å². The van der Waals surface area contributed by atoms with Gasteiger partial charge < -0.3 is 13.7 Å². The van der Waals surface area contributed by atoms with Crippen LogP contribution in [0, 0.1) is 0 Å². The normalized spacial score (nSPS) is 12.0. The molecule has 210 valence electrons. The zero-order chi connectivity index (χ0) is 29.5. The molecule has 0 aliphatic heterocycles. The van der Waals surface area contributed by atoms with Gasteiger partial charge in [-0.3, -0.25) is 4.98 Å². The van der Waals surface area contributed by atoms with Crippen molar-refractivity contribution < 1.29 is 0 Å². The van der Waals surface area contributed by atoms with Gasteiger partial charge in [0.05, 0.1) is 33.1 Å². The molecule has 45 heavy (non-hydrogen) atoms. The molecule has 0 bridgehead atoms. The van der Waals surface area contributed by atoms with E-state index in [0.29, 0.717) is 0 Å². The number of rotatable bonds is 3. The Hall–Kier alpha value is -6.13. The number of nitrogens with zero attached hydrogens (tertiary/aromatic N) is 4.